The number of hydrogen-bond acceptors (Lipinski definition) is 6. The topological polar surface area (TPSA) is 72.5 Å². The normalized spacial score (nSPS) is 10.2. The van der Waals surface area contributed by atoms with Crippen molar-refractivity contribution in [3.8, 4) is 11.5 Å². The van der Waals surface area contributed by atoms with Gasteiger partial charge in [-0.25, -0.2) is 0 Å². The van der Waals surface area contributed by atoms with Gasteiger partial charge in [-0.05, 0) is 49.6 Å². The van der Waals surface area contributed by atoms with E-state index in [1.165, 1.54) is 11.5 Å². The second-order valence-electron chi connectivity index (χ2n) is 4.73. The van der Waals surface area contributed by atoms with E-state index in [2.05, 4.69) is 15.0 Å². The highest BCUT2D eigenvalue weighted by atomic mass is 32.1. The third-order valence-corrected chi connectivity index (χ3v) is 4.06. The molecule has 2 rings (SSSR count). The van der Waals surface area contributed by atoms with Gasteiger partial charge in [-0.3, -0.25) is 4.79 Å². The van der Waals surface area contributed by atoms with Crippen LogP contribution in [0.3, 0.4) is 0 Å². The first-order chi connectivity index (χ1) is 11.2. The molecule has 0 aliphatic heterocycles. The van der Waals surface area contributed by atoms with Crippen LogP contribution in [0, 0.1) is 6.92 Å². The van der Waals surface area contributed by atoms with Gasteiger partial charge in [0.05, 0.1) is 24.4 Å². The van der Waals surface area contributed by atoms with Crippen molar-refractivity contribution >= 4 is 22.4 Å². The molecule has 124 valence electrons. The van der Waals surface area contributed by atoms with E-state index < -0.39 is 0 Å². The first kappa shape index (κ1) is 17.1. The van der Waals surface area contributed by atoms with Crippen molar-refractivity contribution in [2.24, 2.45) is 0 Å². The fourth-order valence-electron chi connectivity index (χ4n) is 2.03. The minimum absolute atomic E-state index is 0.143. The van der Waals surface area contributed by atoms with E-state index in [1.54, 1.807) is 7.05 Å². The number of ether oxygens (including phenoxy) is 2. The molecule has 0 fully saturated rings. The van der Waals surface area contributed by atoms with Crippen LogP contribution in [0.15, 0.2) is 24.3 Å². The van der Waals surface area contributed by atoms with Gasteiger partial charge in [-0.1, -0.05) is 0 Å². The van der Waals surface area contributed by atoms with E-state index in [0.717, 1.165) is 22.2 Å². The van der Waals surface area contributed by atoms with E-state index in [9.17, 15) is 4.79 Å². The molecule has 0 spiro atoms. The van der Waals surface area contributed by atoms with Crippen molar-refractivity contribution in [1.82, 2.24) is 9.69 Å². The zero-order valence-corrected chi connectivity index (χ0v) is 14.3. The van der Waals surface area contributed by atoms with Gasteiger partial charge in [-0.15, -0.1) is 0 Å². The standard InChI is InChI=1S/C16H21N3O3S/c1-4-21-12-5-7-13(8-6-12)22-10-9-18-15(20)14-11(2)19-23-16(14)17-3/h5-8,17H,4,9-10H2,1-3H3,(H,18,20). The Morgan fingerprint density at radius 2 is 1.87 bits per heavy atom. The maximum atomic E-state index is 12.2. The summed E-state index contributed by atoms with van der Waals surface area (Å²) < 4.78 is 15.1. The molecular formula is C16H21N3O3S. The molecule has 0 saturated heterocycles. The van der Waals surface area contributed by atoms with Crippen LogP contribution in [0.5, 0.6) is 11.5 Å². The fourth-order valence-corrected chi connectivity index (χ4v) is 2.77. The molecule has 2 aromatic rings. The van der Waals surface area contributed by atoms with Gasteiger partial charge in [0, 0.05) is 7.05 Å². The molecule has 1 heterocycles. The van der Waals surface area contributed by atoms with E-state index in [1.807, 2.05) is 38.1 Å². The molecule has 7 heteroatoms. The number of amides is 1. The molecule has 0 aliphatic carbocycles. The molecule has 1 aromatic carbocycles. The van der Waals surface area contributed by atoms with E-state index in [4.69, 9.17) is 9.47 Å². The molecule has 0 radical (unpaired) electrons. The van der Waals surface area contributed by atoms with Crippen molar-refractivity contribution in [3.05, 3.63) is 35.5 Å². The summed E-state index contributed by atoms with van der Waals surface area (Å²) >= 11 is 1.28. The lowest BCUT2D eigenvalue weighted by Crippen LogP contribution is -2.28. The third kappa shape index (κ3) is 4.59. The average Bonchev–Trinajstić information content (AvgIpc) is 2.94. The highest BCUT2D eigenvalue weighted by molar-refractivity contribution is 7.10. The maximum absolute atomic E-state index is 12.2. The van der Waals surface area contributed by atoms with Crippen molar-refractivity contribution in [2.45, 2.75) is 13.8 Å². The summed E-state index contributed by atoms with van der Waals surface area (Å²) in [6, 6.07) is 7.41. The number of benzene rings is 1. The van der Waals surface area contributed by atoms with Crippen LogP contribution in [0.2, 0.25) is 0 Å². The number of nitrogens with one attached hydrogen (secondary N) is 2. The minimum atomic E-state index is -0.143. The molecule has 0 atom stereocenters. The largest absolute Gasteiger partial charge is 0.494 e. The zero-order chi connectivity index (χ0) is 16.7. The van der Waals surface area contributed by atoms with Gasteiger partial charge < -0.3 is 20.1 Å². The smallest absolute Gasteiger partial charge is 0.256 e. The highest BCUT2D eigenvalue weighted by Crippen LogP contribution is 2.23. The molecular weight excluding hydrogens is 314 g/mol. The SMILES string of the molecule is CCOc1ccc(OCCNC(=O)c2c(C)nsc2NC)cc1. The number of hydrogen-bond donors (Lipinski definition) is 2. The number of aromatic nitrogens is 1. The molecule has 1 aromatic heterocycles. The second kappa shape index (κ2) is 8.38. The fraction of sp³-hybridized carbons (Fsp3) is 0.375. The Labute approximate surface area is 140 Å². The van der Waals surface area contributed by atoms with Gasteiger partial charge >= 0.3 is 0 Å². The van der Waals surface area contributed by atoms with Crippen molar-refractivity contribution in [1.29, 1.82) is 0 Å². The molecule has 0 aliphatic rings. The molecule has 0 unspecified atom stereocenters. The van der Waals surface area contributed by atoms with E-state index in [0.29, 0.717) is 25.3 Å². The van der Waals surface area contributed by atoms with Crippen molar-refractivity contribution < 1.29 is 14.3 Å². The van der Waals surface area contributed by atoms with Crippen LogP contribution in [0.1, 0.15) is 23.0 Å². The van der Waals surface area contributed by atoms with Gasteiger partial charge in [0.1, 0.15) is 23.1 Å². The van der Waals surface area contributed by atoms with Gasteiger partial charge in [0.2, 0.25) is 0 Å². The lowest BCUT2D eigenvalue weighted by atomic mass is 10.2. The highest BCUT2D eigenvalue weighted by Gasteiger charge is 2.16. The maximum Gasteiger partial charge on any atom is 0.256 e. The molecule has 6 nitrogen and oxygen atoms in total. The third-order valence-electron chi connectivity index (χ3n) is 3.11. The lowest BCUT2D eigenvalue weighted by molar-refractivity contribution is 0.0947. The summed E-state index contributed by atoms with van der Waals surface area (Å²) in [6.07, 6.45) is 0. The van der Waals surface area contributed by atoms with Crippen LogP contribution in [-0.2, 0) is 0 Å². The van der Waals surface area contributed by atoms with Crippen molar-refractivity contribution in [3.63, 3.8) is 0 Å². The van der Waals surface area contributed by atoms with E-state index >= 15 is 0 Å². The Bertz CT molecular complexity index is 641. The first-order valence-electron chi connectivity index (χ1n) is 7.43. The Kier molecular flexibility index (Phi) is 6.22. The Morgan fingerprint density at radius 1 is 1.22 bits per heavy atom. The molecule has 23 heavy (non-hydrogen) atoms. The number of nitrogens with zero attached hydrogens (tertiary/aromatic N) is 1. The molecule has 1 amide bonds. The van der Waals surface area contributed by atoms with Crippen molar-refractivity contribution in [2.75, 3.05) is 32.1 Å². The van der Waals surface area contributed by atoms with Crippen LogP contribution >= 0.6 is 11.5 Å². The number of carbonyl (C=O) groups excluding carboxylic acids is 1. The van der Waals surface area contributed by atoms with Gasteiger partial charge in [0.15, 0.2) is 0 Å². The zero-order valence-electron chi connectivity index (χ0n) is 13.5. The Hall–Kier alpha value is -2.28. The van der Waals surface area contributed by atoms with Crippen LogP contribution in [0.4, 0.5) is 5.00 Å². The van der Waals surface area contributed by atoms with E-state index in [-0.39, 0.29) is 5.91 Å². The number of anilines is 1. The van der Waals surface area contributed by atoms with Gasteiger partial charge in [0.25, 0.3) is 5.91 Å². The summed E-state index contributed by atoms with van der Waals surface area (Å²) in [7, 11) is 1.78. The van der Waals surface area contributed by atoms with Crippen LogP contribution in [-0.4, -0.2) is 37.1 Å². The summed E-state index contributed by atoms with van der Waals surface area (Å²) in [4.78, 5) is 12.2. The Balaban J connectivity index is 1.78. The summed E-state index contributed by atoms with van der Waals surface area (Å²) in [5, 5.41) is 6.59. The number of aryl methyl sites for hydroxylation is 1. The predicted octanol–water partition coefficient (Wildman–Crippen LogP) is 2.70. The van der Waals surface area contributed by atoms with Crippen LogP contribution in [0.25, 0.3) is 0 Å². The summed E-state index contributed by atoms with van der Waals surface area (Å²) in [6.45, 7) is 5.22. The number of rotatable bonds is 8. The van der Waals surface area contributed by atoms with Crippen LogP contribution < -0.4 is 20.1 Å². The quantitative estimate of drug-likeness (QED) is 0.726. The summed E-state index contributed by atoms with van der Waals surface area (Å²) in [5.74, 6) is 1.41. The second-order valence-corrected chi connectivity index (χ2v) is 5.50. The number of carbonyl (C=O) groups is 1. The lowest BCUT2D eigenvalue weighted by Gasteiger charge is -2.09. The average molecular weight is 335 g/mol. The molecule has 0 saturated carbocycles. The molecule has 2 N–H and O–H groups in total. The Morgan fingerprint density at radius 3 is 2.48 bits per heavy atom. The molecule has 0 bridgehead atoms. The minimum Gasteiger partial charge on any atom is -0.494 e. The predicted molar refractivity (Wildman–Crippen MR) is 91.8 cm³/mol. The summed E-state index contributed by atoms with van der Waals surface area (Å²) in [5.41, 5.74) is 1.32. The van der Waals surface area contributed by atoms with Gasteiger partial charge in [-0.2, -0.15) is 4.37 Å². The monoisotopic (exact) mass is 335 g/mol. The first-order valence-corrected chi connectivity index (χ1v) is 8.21.